The van der Waals surface area contributed by atoms with Crippen LogP contribution in [0, 0.1) is 13.8 Å². The second-order valence-electron chi connectivity index (χ2n) is 6.47. The van der Waals surface area contributed by atoms with E-state index in [1.807, 2.05) is 6.92 Å². The Bertz CT molecular complexity index is 918. The third-order valence-corrected chi connectivity index (χ3v) is 4.67. The number of ether oxygens (including phenoxy) is 2. The Morgan fingerprint density at radius 2 is 1.38 bits per heavy atom. The van der Waals surface area contributed by atoms with Gasteiger partial charge in [0.25, 0.3) is 0 Å². The molecule has 3 nitrogen and oxygen atoms in total. The quantitative estimate of drug-likeness (QED) is 0.586. The Balaban J connectivity index is 2.00. The molecule has 3 rings (SSSR count). The lowest BCUT2D eigenvalue weighted by Crippen LogP contribution is -2.10. The monoisotopic (exact) mass is 347 g/mol. The van der Waals surface area contributed by atoms with Crippen LogP contribution in [0.25, 0.3) is 11.1 Å². The maximum atomic E-state index is 5.69. The number of benzene rings is 3. The molecule has 0 unspecified atom stereocenters. The lowest BCUT2D eigenvalue weighted by atomic mass is 10.0. The molecule has 3 heteroatoms. The largest absolute Gasteiger partial charge is 0.496 e. The van der Waals surface area contributed by atoms with Gasteiger partial charge in [0, 0.05) is 12.7 Å². The highest BCUT2D eigenvalue weighted by molar-refractivity contribution is 5.76. The molecule has 0 amide bonds. The van der Waals surface area contributed by atoms with Crippen molar-refractivity contribution in [3.05, 3.63) is 71.8 Å². The molecule has 0 aliphatic carbocycles. The fourth-order valence-corrected chi connectivity index (χ4v) is 3.11. The van der Waals surface area contributed by atoms with Gasteiger partial charge in [0.2, 0.25) is 0 Å². The number of hydrogen-bond donors (Lipinski definition) is 0. The Hall–Kier alpha value is -2.94. The summed E-state index contributed by atoms with van der Waals surface area (Å²) in [7, 11) is 5.47. The third-order valence-electron chi connectivity index (χ3n) is 4.67. The summed E-state index contributed by atoms with van der Waals surface area (Å²) in [5, 5.41) is 0. The van der Waals surface area contributed by atoms with E-state index in [0.29, 0.717) is 0 Å². The van der Waals surface area contributed by atoms with E-state index >= 15 is 0 Å². The minimum Gasteiger partial charge on any atom is -0.496 e. The summed E-state index contributed by atoms with van der Waals surface area (Å²) in [6, 6.07) is 21.0. The maximum absolute atomic E-state index is 5.69. The molecule has 26 heavy (non-hydrogen) atoms. The Morgan fingerprint density at radius 3 is 2.04 bits per heavy atom. The first kappa shape index (κ1) is 17.9. The molecular weight excluding hydrogens is 322 g/mol. The molecule has 3 aromatic rings. The highest BCUT2D eigenvalue weighted by atomic mass is 16.5. The second-order valence-corrected chi connectivity index (χ2v) is 6.47. The van der Waals surface area contributed by atoms with Gasteiger partial charge in [-0.25, -0.2) is 0 Å². The van der Waals surface area contributed by atoms with E-state index in [1.165, 1.54) is 5.56 Å². The molecule has 0 atom stereocenters. The zero-order valence-electron chi connectivity index (χ0n) is 16.0. The molecular formula is C23H25NO2. The topological polar surface area (TPSA) is 21.7 Å². The van der Waals surface area contributed by atoms with Crippen molar-refractivity contribution in [2.45, 2.75) is 13.8 Å². The van der Waals surface area contributed by atoms with Crippen molar-refractivity contribution in [2.75, 3.05) is 26.2 Å². The number of nitrogens with zero attached hydrogens (tertiary/aromatic N) is 1. The van der Waals surface area contributed by atoms with Crippen LogP contribution in [0.1, 0.15) is 11.1 Å². The summed E-state index contributed by atoms with van der Waals surface area (Å²) in [5.74, 6) is 1.73. The van der Waals surface area contributed by atoms with Gasteiger partial charge in [-0.2, -0.15) is 0 Å². The molecule has 0 saturated carbocycles. The number of methoxy groups -OCH3 is 2. The van der Waals surface area contributed by atoms with Gasteiger partial charge in [-0.1, -0.05) is 30.3 Å². The molecule has 0 aromatic heterocycles. The van der Waals surface area contributed by atoms with Gasteiger partial charge in [0.1, 0.15) is 11.5 Å². The van der Waals surface area contributed by atoms with Crippen molar-refractivity contribution >= 4 is 11.4 Å². The molecule has 0 saturated heterocycles. The predicted octanol–water partition coefficient (Wildman–Crippen LogP) is 5.76. The minimum absolute atomic E-state index is 0.839. The molecule has 0 fully saturated rings. The highest BCUT2D eigenvalue weighted by Gasteiger charge is 2.12. The van der Waals surface area contributed by atoms with Crippen molar-refractivity contribution in [3.63, 3.8) is 0 Å². The molecule has 0 spiro atoms. The number of aryl methyl sites for hydroxylation is 2. The van der Waals surface area contributed by atoms with Crippen molar-refractivity contribution in [1.82, 2.24) is 0 Å². The van der Waals surface area contributed by atoms with Crippen molar-refractivity contribution < 1.29 is 9.47 Å². The fraction of sp³-hybridized carbons (Fsp3) is 0.217. The Morgan fingerprint density at radius 1 is 0.731 bits per heavy atom. The van der Waals surface area contributed by atoms with Crippen molar-refractivity contribution in [1.29, 1.82) is 0 Å². The van der Waals surface area contributed by atoms with Crippen LogP contribution in [-0.4, -0.2) is 21.3 Å². The summed E-state index contributed by atoms with van der Waals surface area (Å²) in [6.45, 7) is 4.14. The van der Waals surface area contributed by atoms with Crippen LogP contribution in [0.15, 0.2) is 60.7 Å². The van der Waals surface area contributed by atoms with Crippen molar-refractivity contribution in [2.24, 2.45) is 0 Å². The van der Waals surface area contributed by atoms with Gasteiger partial charge in [-0.3, -0.25) is 0 Å². The molecule has 134 valence electrons. The van der Waals surface area contributed by atoms with E-state index in [-0.39, 0.29) is 0 Å². The summed E-state index contributed by atoms with van der Waals surface area (Å²) in [6.07, 6.45) is 0. The van der Waals surface area contributed by atoms with Crippen LogP contribution in [-0.2, 0) is 0 Å². The Labute approximate surface area is 155 Å². The lowest BCUT2D eigenvalue weighted by Gasteiger charge is -2.23. The van der Waals surface area contributed by atoms with Crippen LogP contribution in [0.5, 0.6) is 11.5 Å². The van der Waals surface area contributed by atoms with E-state index in [4.69, 9.17) is 9.47 Å². The summed E-state index contributed by atoms with van der Waals surface area (Å²) >= 11 is 0. The first-order valence-corrected chi connectivity index (χ1v) is 8.67. The first-order chi connectivity index (χ1) is 12.5. The molecule has 0 aliphatic rings. The van der Waals surface area contributed by atoms with E-state index in [1.54, 1.807) is 14.2 Å². The highest BCUT2D eigenvalue weighted by Crippen LogP contribution is 2.37. The summed E-state index contributed by atoms with van der Waals surface area (Å²) in [4.78, 5) is 2.14. The lowest BCUT2D eigenvalue weighted by molar-refractivity contribution is 0.412. The average molecular weight is 347 g/mol. The molecule has 0 heterocycles. The molecule has 0 aliphatic heterocycles. The fourth-order valence-electron chi connectivity index (χ4n) is 3.11. The number of anilines is 2. The first-order valence-electron chi connectivity index (χ1n) is 8.67. The molecule has 0 radical (unpaired) electrons. The van der Waals surface area contributed by atoms with Crippen LogP contribution in [0.4, 0.5) is 11.4 Å². The number of hydrogen-bond acceptors (Lipinski definition) is 3. The van der Waals surface area contributed by atoms with Crippen molar-refractivity contribution in [3.8, 4) is 22.6 Å². The standard InChI is InChI=1S/C23H25NO2/c1-16-7-6-8-20(13-16)24(3)21-12-11-19(15-23(21)26-5)18-10-9-17(2)22(14-18)25-4/h6-15H,1-5H3. The maximum Gasteiger partial charge on any atom is 0.143 e. The van der Waals surface area contributed by atoms with Gasteiger partial charge in [0.05, 0.1) is 19.9 Å². The molecule has 0 bridgehead atoms. The van der Waals surface area contributed by atoms with Crippen LogP contribution >= 0.6 is 0 Å². The van der Waals surface area contributed by atoms with E-state index in [2.05, 4.69) is 79.5 Å². The van der Waals surface area contributed by atoms with Gasteiger partial charge in [-0.15, -0.1) is 0 Å². The smallest absolute Gasteiger partial charge is 0.143 e. The van der Waals surface area contributed by atoms with E-state index in [0.717, 1.165) is 39.6 Å². The minimum atomic E-state index is 0.839. The zero-order valence-corrected chi connectivity index (χ0v) is 16.0. The summed E-state index contributed by atoms with van der Waals surface area (Å²) in [5.41, 5.74) is 6.72. The average Bonchev–Trinajstić information content (AvgIpc) is 2.67. The molecule has 3 aromatic carbocycles. The number of rotatable bonds is 5. The van der Waals surface area contributed by atoms with Crippen LogP contribution < -0.4 is 14.4 Å². The predicted molar refractivity (Wildman–Crippen MR) is 109 cm³/mol. The van der Waals surface area contributed by atoms with Crippen LogP contribution in [0.3, 0.4) is 0 Å². The molecule has 0 N–H and O–H groups in total. The zero-order chi connectivity index (χ0) is 18.7. The van der Waals surface area contributed by atoms with Crippen LogP contribution in [0.2, 0.25) is 0 Å². The van der Waals surface area contributed by atoms with Gasteiger partial charge in [-0.05, 0) is 66.4 Å². The summed E-state index contributed by atoms with van der Waals surface area (Å²) < 4.78 is 11.1. The normalized spacial score (nSPS) is 10.5. The second kappa shape index (κ2) is 7.52. The van der Waals surface area contributed by atoms with Gasteiger partial charge >= 0.3 is 0 Å². The third kappa shape index (κ3) is 3.52. The SMILES string of the molecule is COc1cc(-c2ccc(N(C)c3cccc(C)c3)c(OC)c2)ccc1C. The van der Waals surface area contributed by atoms with Gasteiger partial charge < -0.3 is 14.4 Å². The van der Waals surface area contributed by atoms with E-state index in [9.17, 15) is 0 Å². The van der Waals surface area contributed by atoms with E-state index < -0.39 is 0 Å². The van der Waals surface area contributed by atoms with Gasteiger partial charge in [0.15, 0.2) is 0 Å². The Kier molecular flexibility index (Phi) is 5.17.